The molecule has 1 aliphatic rings. The molecule has 3 aromatic rings. The molecule has 7 nitrogen and oxygen atoms in total. The number of carbonyl (C=O) groups is 1. The van der Waals surface area contributed by atoms with Crippen molar-refractivity contribution < 1.29 is 19.0 Å². The van der Waals surface area contributed by atoms with Crippen LogP contribution in [0.4, 0.5) is 17.1 Å². The number of nitrogens with one attached hydrogen (secondary N) is 2. The molecule has 0 saturated heterocycles. The molecule has 4 rings (SSSR count). The van der Waals surface area contributed by atoms with Crippen LogP contribution in [0.15, 0.2) is 60.8 Å². The van der Waals surface area contributed by atoms with Gasteiger partial charge in [-0.3, -0.25) is 9.78 Å². The van der Waals surface area contributed by atoms with Crippen molar-refractivity contribution in [1.82, 2.24) is 4.98 Å². The average Bonchev–Trinajstić information content (AvgIpc) is 3.18. The fourth-order valence-electron chi connectivity index (χ4n) is 2.81. The Bertz CT molecular complexity index is 1010. The number of ether oxygens (including phenoxy) is 3. The average molecular weight is 377 g/mol. The predicted octanol–water partition coefficient (Wildman–Crippen LogP) is 4.20. The van der Waals surface area contributed by atoms with Gasteiger partial charge in [0.25, 0.3) is 5.91 Å². The minimum Gasteiger partial charge on any atom is -0.492 e. The molecular formula is C21H19N3O4. The van der Waals surface area contributed by atoms with Gasteiger partial charge in [0, 0.05) is 23.6 Å². The maximum absolute atomic E-state index is 12.6. The van der Waals surface area contributed by atoms with Gasteiger partial charge in [0.2, 0.25) is 6.79 Å². The fourth-order valence-corrected chi connectivity index (χ4v) is 2.81. The second-order valence-electron chi connectivity index (χ2n) is 6.01. The van der Waals surface area contributed by atoms with Crippen molar-refractivity contribution >= 4 is 23.0 Å². The number of aromatic nitrogens is 1. The number of hydrogen-bond acceptors (Lipinski definition) is 6. The topological polar surface area (TPSA) is 81.7 Å². The number of benzene rings is 2. The first-order chi connectivity index (χ1) is 13.7. The van der Waals surface area contributed by atoms with E-state index >= 15 is 0 Å². The Kier molecular flexibility index (Phi) is 4.97. The lowest BCUT2D eigenvalue weighted by molar-refractivity contribution is 0.102. The van der Waals surface area contributed by atoms with E-state index in [2.05, 4.69) is 15.6 Å². The second kappa shape index (κ2) is 7.87. The van der Waals surface area contributed by atoms with Crippen LogP contribution >= 0.6 is 0 Å². The normalized spacial score (nSPS) is 11.8. The van der Waals surface area contributed by atoms with Gasteiger partial charge >= 0.3 is 0 Å². The van der Waals surface area contributed by atoms with Crippen LogP contribution in [0.3, 0.4) is 0 Å². The molecule has 0 atom stereocenters. The molecule has 2 N–H and O–H groups in total. The van der Waals surface area contributed by atoms with Gasteiger partial charge in [0.1, 0.15) is 11.4 Å². The van der Waals surface area contributed by atoms with E-state index < -0.39 is 0 Å². The highest BCUT2D eigenvalue weighted by Crippen LogP contribution is 2.35. The van der Waals surface area contributed by atoms with E-state index in [1.54, 1.807) is 24.4 Å². The van der Waals surface area contributed by atoms with Gasteiger partial charge in [-0.2, -0.15) is 0 Å². The summed E-state index contributed by atoms with van der Waals surface area (Å²) >= 11 is 0. The zero-order chi connectivity index (χ0) is 19.3. The summed E-state index contributed by atoms with van der Waals surface area (Å²) in [7, 11) is 0. The molecule has 0 bridgehead atoms. The molecule has 0 aliphatic carbocycles. The molecule has 0 fully saturated rings. The zero-order valence-electron chi connectivity index (χ0n) is 15.3. The van der Waals surface area contributed by atoms with Gasteiger partial charge in [-0.25, -0.2) is 0 Å². The van der Waals surface area contributed by atoms with Crippen LogP contribution in [0.5, 0.6) is 17.2 Å². The molecule has 28 heavy (non-hydrogen) atoms. The quantitative estimate of drug-likeness (QED) is 0.670. The minimum atomic E-state index is -0.318. The number of pyridine rings is 1. The molecule has 0 radical (unpaired) electrons. The molecule has 0 spiro atoms. The largest absolute Gasteiger partial charge is 0.492 e. The summed E-state index contributed by atoms with van der Waals surface area (Å²) < 4.78 is 16.2. The van der Waals surface area contributed by atoms with Crippen molar-refractivity contribution in [2.75, 3.05) is 24.0 Å². The Morgan fingerprint density at radius 3 is 2.79 bits per heavy atom. The number of anilines is 3. The Hall–Kier alpha value is -3.74. The van der Waals surface area contributed by atoms with E-state index in [9.17, 15) is 4.79 Å². The van der Waals surface area contributed by atoms with Gasteiger partial charge in [-0.1, -0.05) is 12.1 Å². The van der Waals surface area contributed by atoms with Gasteiger partial charge in [-0.05, 0) is 43.3 Å². The van der Waals surface area contributed by atoms with Crippen LogP contribution in [-0.4, -0.2) is 24.3 Å². The highest BCUT2D eigenvalue weighted by Gasteiger charge is 2.14. The molecule has 1 amide bonds. The molecule has 1 aliphatic heterocycles. The zero-order valence-corrected chi connectivity index (χ0v) is 15.3. The summed E-state index contributed by atoms with van der Waals surface area (Å²) in [5.41, 5.74) is 2.45. The van der Waals surface area contributed by atoms with Crippen LogP contribution in [0.2, 0.25) is 0 Å². The van der Waals surface area contributed by atoms with Crippen molar-refractivity contribution in [3.63, 3.8) is 0 Å². The van der Waals surface area contributed by atoms with Crippen LogP contribution < -0.4 is 24.8 Å². The summed E-state index contributed by atoms with van der Waals surface area (Å²) in [4.78, 5) is 16.8. The van der Waals surface area contributed by atoms with E-state index in [1.165, 1.54) is 0 Å². The SMILES string of the molecule is CCOc1ccccc1NC(=O)c1cc(Nc2ccc3c(c2)OCO3)ccn1. The molecule has 0 unspecified atom stereocenters. The molecule has 2 aromatic carbocycles. The van der Waals surface area contributed by atoms with Crippen LogP contribution in [0.1, 0.15) is 17.4 Å². The van der Waals surface area contributed by atoms with Gasteiger partial charge in [-0.15, -0.1) is 0 Å². The Morgan fingerprint density at radius 2 is 1.89 bits per heavy atom. The van der Waals surface area contributed by atoms with Crippen molar-refractivity contribution in [3.05, 3.63) is 66.5 Å². The number of nitrogens with zero attached hydrogens (tertiary/aromatic N) is 1. The lowest BCUT2D eigenvalue weighted by atomic mass is 10.2. The first kappa shape index (κ1) is 17.7. The second-order valence-corrected chi connectivity index (χ2v) is 6.01. The third-order valence-electron chi connectivity index (χ3n) is 4.09. The van der Waals surface area contributed by atoms with E-state index in [-0.39, 0.29) is 18.4 Å². The Balaban J connectivity index is 1.50. The smallest absolute Gasteiger partial charge is 0.274 e. The number of para-hydroxylation sites is 2. The molecule has 2 heterocycles. The lowest BCUT2D eigenvalue weighted by Gasteiger charge is -2.12. The maximum Gasteiger partial charge on any atom is 0.274 e. The summed E-state index contributed by atoms with van der Waals surface area (Å²) in [5, 5.41) is 6.09. The van der Waals surface area contributed by atoms with Gasteiger partial charge in [0.15, 0.2) is 11.5 Å². The van der Waals surface area contributed by atoms with E-state index in [4.69, 9.17) is 14.2 Å². The summed E-state index contributed by atoms with van der Waals surface area (Å²) in [6.45, 7) is 2.63. The van der Waals surface area contributed by atoms with Crippen LogP contribution in [0.25, 0.3) is 0 Å². The van der Waals surface area contributed by atoms with Crippen LogP contribution in [-0.2, 0) is 0 Å². The molecule has 1 aromatic heterocycles. The van der Waals surface area contributed by atoms with E-state index in [0.717, 1.165) is 11.4 Å². The van der Waals surface area contributed by atoms with Crippen molar-refractivity contribution in [2.45, 2.75) is 6.92 Å². The number of hydrogen-bond donors (Lipinski definition) is 2. The first-order valence-electron chi connectivity index (χ1n) is 8.89. The van der Waals surface area contributed by atoms with Crippen molar-refractivity contribution in [2.24, 2.45) is 0 Å². The van der Waals surface area contributed by atoms with Crippen molar-refractivity contribution in [1.29, 1.82) is 0 Å². The van der Waals surface area contributed by atoms with E-state index in [1.807, 2.05) is 43.3 Å². The highest BCUT2D eigenvalue weighted by atomic mass is 16.7. The molecule has 142 valence electrons. The Labute approximate surface area is 162 Å². The Morgan fingerprint density at radius 1 is 1.07 bits per heavy atom. The lowest BCUT2D eigenvalue weighted by Crippen LogP contribution is -2.14. The third-order valence-corrected chi connectivity index (χ3v) is 4.09. The van der Waals surface area contributed by atoms with Gasteiger partial charge in [0.05, 0.1) is 12.3 Å². The van der Waals surface area contributed by atoms with E-state index in [0.29, 0.717) is 29.5 Å². The number of amides is 1. The number of carbonyl (C=O) groups excluding carboxylic acids is 1. The number of fused-ring (bicyclic) bond motifs is 1. The summed E-state index contributed by atoms with van der Waals surface area (Å²) in [6.07, 6.45) is 1.58. The highest BCUT2D eigenvalue weighted by molar-refractivity contribution is 6.04. The molecular weight excluding hydrogens is 358 g/mol. The number of rotatable bonds is 6. The van der Waals surface area contributed by atoms with Gasteiger partial charge < -0.3 is 24.8 Å². The van der Waals surface area contributed by atoms with Crippen molar-refractivity contribution in [3.8, 4) is 17.2 Å². The maximum atomic E-state index is 12.6. The molecule has 0 saturated carbocycles. The van der Waals surface area contributed by atoms with Crippen LogP contribution in [0, 0.1) is 0 Å². The standard InChI is InChI=1S/C21H19N3O4/c1-2-26-18-6-4-3-5-16(18)24-21(25)17-11-15(9-10-22-17)23-14-7-8-19-20(12-14)28-13-27-19/h3-12H,2,13H2,1H3,(H,22,23)(H,24,25). The minimum absolute atomic E-state index is 0.224. The third kappa shape index (κ3) is 3.83. The first-order valence-corrected chi connectivity index (χ1v) is 8.89. The summed E-state index contributed by atoms with van der Waals surface area (Å²) in [5.74, 6) is 1.70. The monoisotopic (exact) mass is 377 g/mol. The molecule has 7 heteroatoms. The predicted molar refractivity (Wildman–Crippen MR) is 106 cm³/mol. The summed E-state index contributed by atoms with van der Waals surface area (Å²) in [6, 6.07) is 16.3. The fraction of sp³-hybridized carbons (Fsp3) is 0.143.